The van der Waals surface area contributed by atoms with Gasteiger partial charge in [0.1, 0.15) is 18.0 Å². The lowest BCUT2D eigenvalue weighted by Crippen LogP contribution is -2.37. The SMILES string of the molecule is CCCc1c(OCCCCN2C(=O)CN(C(C)C)C2=O)ccc2c1OC(=O)CC2C(F)(F)F. The minimum atomic E-state index is -4.55. The predicted octanol–water partition coefficient (Wildman–Crippen LogP) is 4.43. The van der Waals surface area contributed by atoms with E-state index < -0.39 is 24.5 Å². The summed E-state index contributed by atoms with van der Waals surface area (Å²) in [7, 11) is 0. The first kappa shape index (κ1) is 24.9. The molecule has 3 amide bonds. The third-order valence-electron chi connectivity index (χ3n) is 5.85. The van der Waals surface area contributed by atoms with Crippen molar-refractivity contribution in [1.82, 2.24) is 9.80 Å². The van der Waals surface area contributed by atoms with Crippen LogP contribution in [0.15, 0.2) is 12.1 Å². The average molecular weight is 470 g/mol. The molecule has 2 heterocycles. The van der Waals surface area contributed by atoms with Gasteiger partial charge in [0.25, 0.3) is 0 Å². The van der Waals surface area contributed by atoms with Crippen molar-refractivity contribution in [2.45, 2.75) is 71.0 Å². The van der Waals surface area contributed by atoms with Crippen molar-refractivity contribution in [2.75, 3.05) is 19.7 Å². The third kappa shape index (κ3) is 5.42. The largest absolute Gasteiger partial charge is 0.493 e. The number of carbonyl (C=O) groups excluding carboxylic acids is 3. The fourth-order valence-corrected chi connectivity index (χ4v) is 4.11. The van der Waals surface area contributed by atoms with Crippen molar-refractivity contribution in [3.63, 3.8) is 0 Å². The number of benzene rings is 1. The molecule has 0 spiro atoms. The Labute approximate surface area is 190 Å². The van der Waals surface area contributed by atoms with E-state index in [9.17, 15) is 27.6 Å². The zero-order valence-electron chi connectivity index (χ0n) is 19.0. The molecule has 7 nitrogen and oxygen atoms in total. The number of hydrogen-bond acceptors (Lipinski definition) is 5. The van der Waals surface area contributed by atoms with Crippen LogP contribution in [-0.2, 0) is 16.0 Å². The molecule has 2 aliphatic heterocycles. The van der Waals surface area contributed by atoms with Crippen LogP contribution in [0.3, 0.4) is 0 Å². The van der Waals surface area contributed by atoms with Gasteiger partial charge in [-0.25, -0.2) is 4.79 Å². The Kier molecular flexibility index (Phi) is 7.54. The summed E-state index contributed by atoms with van der Waals surface area (Å²) in [5, 5.41) is 0. The second kappa shape index (κ2) is 10.0. The molecule has 0 aliphatic carbocycles. The molecule has 0 saturated carbocycles. The van der Waals surface area contributed by atoms with Gasteiger partial charge in [0.2, 0.25) is 5.91 Å². The summed E-state index contributed by atoms with van der Waals surface area (Å²) in [6, 6.07) is 2.46. The minimum Gasteiger partial charge on any atom is -0.493 e. The highest BCUT2D eigenvalue weighted by Crippen LogP contribution is 2.47. The van der Waals surface area contributed by atoms with Crippen molar-refractivity contribution < 1.29 is 37.0 Å². The van der Waals surface area contributed by atoms with E-state index >= 15 is 0 Å². The molecule has 3 rings (SSSR count). The van der Waals surface area contributed by atoms with Gasteiger partial charge in [-0.2, -0.15) is 13.2 Å². The van der Waals surface area contributed by atoms with Gasteiger partial charge in [0, 0.05) is 23.7 Å². The molecule has 10 heteroatoms. The molecule has 0 radical (unpaired) electrons. The van der Waals surface area contributed by atoms with Crippen LogP contribution in [0.1, 0.15) is 63.5 Å². The summed E-state index contributed by atoms with van der Waals surface area (Å²) < 4.78 is 51.4. The highest BCUT2D eigenvalue weighted by Gasteiger charge is 2.47. The van der Waals surface area contributed by atoms with E-state index in [4.69, 9.17) is 9.47 Å². The normalized spacial score (nSPS) is 18.8. The first-order valence-electron chi connectivity index (χ1n) is 11.2. The second-order valence-electron chi connectivity index (χ2n) is 8.59. The van der Waals surface area contributed by atoms with E-state index in [1.54, 1.807) is 0 Å². The van der Waals surface area contributed by atoms with E-state index in [0.717, 1.165) is 0 Å². The maximum Gasteiger partial charge on any atom is 0.396 e. The van der Waals surface area contributed by atoms with Gasteiger partial charge in [-0.05, 0) is 39.2 Å². The van der Waals surface area contributed by atoms with E-state index in [1.165, 1.54) is 21.9 Å². The predicted molar refractivity (Wildman–Crippen MR) is 113 cm³/mol. The molecule has 1 saturated heterocycles. The van der Waals surface area contributed by atoms with Gasteiger partial charge in [0.15, 0.2) is 0 Å². The molecular formula is C23H29F3N2O5. The van der Waals surface area contributed by atoms with Crippen LogP contribution in [0.5, 0.6) is 11.5 Å². The Hall–Kier alpha value is -2.78. The van der Waals surface area contributed by atoms with E-state index in [0.29, 0.717) is 37.0 Å². The molecule has 1 atom stereocenters. The number of hydrogen-bond donors (Lipinski definition) is 0. The number of unbranched alkanes of at least 4 members (excludes halogenated alkanes) is 1. The summed E-state index contributed by atoms with van der Waals surface area (Å²) in [6.45, 7) is 6.18. The summed E-state index contributed by atoms with van der Waals surface area (Å²) in [5.74, 6) is -2.69. The average Bonchev–Trinajstić information content (AvgIpc) is 3.02. The number of halogens is 3. The van der Waals surface area contributed by atoms with Crippen molar-refractivity contribution in [3.05, 3.63) is 23.3 Å². The highest BCUT2D eigenvalue weighted by molar-refractivity contribution is 6.02. The minimum absolute atomic E-state index is 0.0429. The number of nitrogens with zero attached hydrogens (tertiary/aromatic N) is 2. The lowest BCUT2D eigenvalue weighted by molar-refractivity contribution is -0.166. The number of rotatable bonds is 9. The first-order valence-corrected chi connectivity index (χ1v) is 11.2. The summed E-state index contributed by atoms with van der Waals surface area (Å²) in [5.41, 5.74) is 0.411. The highest BCUT2D eigenvalue weighted by atomic mass is 19.4. The van der Waals surface area contributed by atoms with Crippen LogP contribution in [-0.4, -0.2) is 59.6 Å². The van der Waals surface area contributed by atoms with Crippen LogP contribution < -0.4 is 9.47 Å². The smallest absolute Gasteiger partial charge is 0.396 e. The number of alkyl halides is 3. The Morgan fingerprint density at radius 1 is 1.18 bits per heavy atom. The molecule has 0 bridgehead atoms. The number of esters is 1. The molecule has 1 unspecified atom stereocenters. The van der Waals surface area contributed by atoms with Gasteiger partial charge in [-0.15, -0.1) is 0 Å². The van der Waals surface area contributed by atoms with Crippen LogP contribution in [0.2, 0.25) is 0 Å². The standard InChI is InChI=1S/C23H29F3N2O5/c1-4-7-16-18(9-8-15-17(23(24,25)26)12-20(30)33-21(15)16)32-11-6-5-10-27-19(29)13-28(14(2)3)22(27)31/h8-9,14,17H,4-7,10-13H2,1-3H3. The first-order chi connectivity index (χ1) is 15.5. The molecule has 2 aliphatic rings. The van der Waals surface area contributed by atoms with Crippen LogP contribution in [0.25, 0.3) is 0 Å². The summed E-state index contributed by atoms with van der Waals surface area (Å²) in [4.78, 5) is 39.0. The monoisotopic (exact) mass is 470 g/mol. The lowest BCUT2D eigenvalue weighted by atomic mass is 9.89. The van der Waals surface area contributed by atoms with E-state index in [2.05, 4.69) is 0 Å². The molecule has 0 aromatic heterocycles. The molecule has 1 fully saturated rings. The Morgan fingerprint density at radius 3 is 2.52 bits per heavy atom. The molecular weight excluding hydrogens is 441 g/mol. The van der Waals surface area contributed by atoms with Crippen LogP contribution in [0, 0.1) is 0 Å². The van der Waals surface area contributed by atoms with Gasteiger partial charge in [-0.1, -0.05) is 19.4 Å². The van der Waals surface area contributed by atoms with Crippen LogP contribution >= 0.6 is 0 Å². The topological polar surface area (TPSA) is 76.2 Å². The van der Waals surface area contributed by atoms with Gasteiger partial charge >= 0.3 is 18.2 Å². The lowest BCUT2D eigenvalue weighted by Gasteiger charge is -2.28. The Balaban J connectivity index is 1.64. The number of urea groups is 1. The number of imide groups is 1. The molecule has 182 valence electrons. The summed E-state index contributed by atoms with van der Waals surface area (Å²) >= 11 is 0. The van der Waals surface area contributed by atoms with Gasteiger partial charge in [-0.3, -0.25) is 14.5 Å². The number of ether oxygens (including phenoxy) is 2. The molecule has 1 aromatic rings. The van der Waals surface area contributed by atoms with Crippen molar-refractivity contribution in [3.8, 4) is 11.5 Å². The quantitative estimate of drug-likeness (QED) is 0.231. The summed E-state index contributed by atoms with van der Waals surface area (Å²) in [6.07, 6.45) is -3.18. The van der Waals surface area contributed by atoms with E-state index in [-0.39, 0.29) is 49.0 Å². The second-order valence-corrected chi connectivity index (χ2v) is 8.59. The maximum absolute atomic E-state index is 13.5. The number of amides is 3. The molecule has 33 heavy (non-hydrogen) atoms. The maximum atomic E-state index is 13.5. The molecule has 1 aromatic carbocycles. The van der Waals surface area contributed by atoms with Gasteiger partial charge in [0.05, 0.1) is 18.9 Å². The Bertz CT molecular complexity index is 916. The number of fused-ring (bicyclic) bond motifs is 1. The third-order valence-corrected chi connectivity index (χ3v) is 5.85. The van der Waals surface area contributed by atoms with Crippen molar-refractivity contribution in [2.24, 2.45) is 0 Å². The van der Waals surface area contributed by atoms with Crippen molar-refractivity contribution >= 4 is 17.9 Å². The number of carbonyl (C=O) groups is 3. The zero-order chi connectivity index (χ0) is 24.3. The fourth-order valence-electron chi connectivity index (χ4n) is 4.11. The van der Waals surface area contributed by atoms with Gasteiger partial charge < -0.3 is 14.4 Å². The van der Waals surface area contributed by atoms with Crippen LogP contribution in [0.4, 0.5) is 18.0 Å². The molecule has 0 N–H and O–H groups in total. The Morgan fingerprint density at radius 2 is 1.91 bits per heavy atom. The van der Waals surface area contributed by atoms with Crippen molar-refractivity contribution in [1.29, 1.82) is 0 Å². The zero-order valence-corrected chi connectivity index (χ0v) is 19.0. The van der Waals surface area contributed by atoms with E-state index in [1.807, 2.05) is 20.8 Å². The fraction of sp³-hybridized carbons (Fsp3) is 0.609.